The Morgan fingerprint density at radius 1 is 1.25 bits per heavy atom. The molecule has 5 nitrogen and oxygen atoms in total. The zero-order chi connectivity index (χ0) is 14.0. The molecule has 3 rings (SSSR count). The molecule has 1 aromatic rings. The SMILES string of the molecule is N#Cc1cccc(C(=O)N2CCC3(CC2)OCCO3)c1. The largest absolute Gasteiger partial charge is 0.347 e. The Kier molecular flexibility index (Phi) is 3.43. The summed E-state index contributed by atoms with van der Waals surface area (Å²) in [6.07, 6.45) is 1.41. The molecule has 104 valence electrons. The standard InChI is InChI=1S/C15H16N2O3/c16-11-12-2-1-3-13(10-12)14(18)17-6-4-15(5-7-17)19-8-9-20-15/h1-3,10H,4-9H2. The van der Waals surface area contributed by atoms with E-state index in [1.165, 1.54) is 0 Å². The minimum absolute atomic E-state index is 0.0325. The molecule has 1 spiro atoms. The topological polar surface area (TPSA) is 62.6 Å². The van der Waals surface area contributed by atoms with Gasteiger partial charge in [-0.05, 0) is 18.2 Å². The second-order valence-corrected chi connectivity index (χ2v) is 5.09. The number of carbonyl (C=O) groups excluding carboxylic acids is 1. The lowest BCUT2D eigenvalue weighted by molar-refractivity contribution is -0.181. The molecule has 20 heavy (non-hydrogen) atoms. The fourth-order valence-corrected chi connectivity index (χ4v) is 2.74. The Labute approximate surface area is 117 Å². The van der Waals surface area contributed by atoms with Crippen molar-refractivity contribution in [2.75, 3.05) is 26.3 Å². The summed E-state index contributed by atoms with van der Waals surface area (Å²) in [5, 5.41) is 8.89. The van der Waals surface area contributed by atoms with Crippen LogP contribution in [0.2, 0.25) is 0 Å². The van der Waals surface area contributed by atoms with E-state index in [0.29, 0.717) is 50.3 Å². The Morgan fingerprint density at radius 2 is 1.95 bits per heavy atom. The van der Waals surface area contributed by atoms with Gasteiger partial charge in [-0.2, -0.15) is 5.26 Å². The van der Waals surface area contributed by atoms with Gasteiger partial charge in [0.1, 0.15) is 0 Å². The maximum absolute atomic E-state index is 12.4. The molecule has 0 saturated carbocycles. The molecule has 2 aliphatic heterocycles. The second kappa shape index (κ2) is 5.23. The fourth-order valence-electron chi connectivity index (χ4n) is 2.74. The van der Waals surface area contributed by atoms with Gasteiger partial charge in [0, 0.05) is 31.5 Å². The smallest absolute Gasteiger partial charge is 0.253 e. The third-order valence-corrected chi connectivity index (χ3v) is 3.86. The summed E-state index contributed by atoms with van der Waals surface area (Å²) < 4.78 is 11.3. The van der Waals surface area contributed by atoms with Crippen LogP contribution in [0.4, 0.5) is 0 Å². The molecule has 0 N–H and O–H groups in total. The molecule has 2 heterocycles. The van der Waals surface area contributed by atoms with E-state index in [2.05, 4.69) is 6.07 Å². The minimum atomic E-state index is -0.467. The summed E-state index contributed by atoms with van der Waals surface area (Å²) in [5.41, 5.74) is 1.07. The molecule has 2 fully saturated rings. The molecule has 1 aromatic carbocycles. The van der Waals surface area contributed by atoms with Crippen molar-refractivity contribution in [2.24, 2.45) is 0 Å². The minimum Gasteiger partial charge on any atom is -0.347 e. The van der Waals surface area contributed by atoms with Crippen molar-refractivity contribution in [1.29, 1.82) is 5.26 Å². The Morgan fingerprint density at radius 3 is 2.60 bits per heavy atom. The van der Waals surface area contributed by atoms with Crippen molar-refractivity contribution in [1.82, 2.24) is 4.90 Å². The highest BCUT2D eigenvalue weighted by atomic mass is 16.7. The van der Waals surface area contributed by atoms with Gasteiger partial charge in [0.25, 0.3) is 5.91 Å². The molecule has 2 aliphatic rings. The van der Waals surface area contributed by atoms with Gasteiger partial charge in [0.2, 0.25) is 0 Å². The van der Waals surface area contributed by atoms with Crippen LogP contribution in [0, 0.1) is 11.3 Å². The molecular weight excluding hydrogens is 256 g/mol. The zero-order valence-electron chi connectivity index (χ0n) is 11.2. The number of ether oxygens (including phenoxy) is 2. The number of nitriles is 1. The Hall–Kier alpha value is -1.90. The van der Waals surface area contributed by atoms with Crippen LogP contribution in [0.3, 0.4) is 0 Å². The van der Waals surface area contributed by atoms with Crippen LogP contribution >= 0.6 is 0 Å². The van der Waals surface area contributed by atoms with Crippen LogP contribution in [0.15, 0.2) is 24.3 Å². The van der Waals surface area contributed by atoms with E-state index in [9.17, 15) is 4.79 Å². The number of nitrogens with zero attached hydrogens (tertiary/aromatic N) is 2. The summed E-state index contributed by atoms with van der Waals surface area (Å²) in [6, 6.07) is 8.87. The van der Waals surface area contributed by atoms with Gasteiger partial charge in [0.05, 0.1) is 24.8 Å². The molecule has 5 heteroatoms. The highest BCUT2D eigenvalue weighted by molar-refractivity contribution is 5.94. The first-order valence-corrected chi connectivity index (χ1v) is 6.80. The predicted molar refractivity (Wildman–Crippen MR) is 70.9 cm³/mol. The molecular formula is C15H16N2O3. The first-order valence-electron chi connectivity index (χ1n) is 6.80. The van der Waals surface area contributed by atoms with Gasteiger partial charge in [-0.25, -0.2) is 0 Å². The number of piperidine rings is 1. The maximum Gasteiger partial charge on any atom is 0.253 e. The maximum atomic E-state index is 12.4. The molecule has 0 unspecified atom stereocenters. The number of rotatable bonds is 1. The third kappa shape index (κ3) is 2.40. The summed E-state index contributed by atoms with van der Waals surface area (Å²) >= 11 is 0. The molecule has 0 radical (unpaired) electrons. The lowest BCUT2D eigenvalue weighted by Crippen LogP contribution is -2.47. The first-order chi connectivity index (χ1) is 9.72. The summed E-state index contributed by atoms with van der Waals surface area (Å²) in [5.74, 6) is -0.499. The lowest BCUT2D eigenvalue weighted by Gasteiger charge is -2.37. The summed E-state index contributed by atoms with van der Waals surface area (Å²) in [4.78, 5) is 14.2. The van der Waals surface area contributed by atoms with Gasteiger partial charge in [-0.15, -0.1) is 0 Å². The third-order valence-electron chi connectivity index (χ3n) is 3.86. The summed E-state index contributed by atoms with van der Waals surface area (Å²) in [7, 11) is 0. The van der Waals surface area contributed by atoms with Crippen molar-refractivity contribution in [3.05, 3.63) is 35.4 Å². The molecule has 0 bridgehead atoms. The number of carbonyl (C=O) groups is 1. The van der Waals surface area contributed by atoms with E-state index in [1.54, 1.807) is 29.2 Å². The lowest BCUT2D eigenvalue weighted by atomic mass is 10.0. The van der Waals surface area contributed by atoms with Crippen molar-refractivity contribution >= 4 is 5.91 Å². The molecule has 0 atom stereocenters. The van der Waals surface area contributed by atoms with Crippen LogP contribution in [-0.2, 0) is 9.47 Å². The van der Waals surface area contributed by atoms with Gasteiger partial charge in [0.15, 0.2) is 5.79 Å². The van der Waals surface area contributed by atoms with Crippen molar-refractivity contribution < 1.29 is 14.3 Å². The number of likely N-dealkylation sites (tertiary alicyclic amines) is 1. The highest BCUT2D eigenvalue weighted by Gasteiger charge is 2.40. The average Bonchev–Trinajstić information content (AvgIpc) is 2.96. The van der Waals surface area contributed by atoms with Crippen LogP contribution in [0.25, 0.3) is 0 Å². The van der Waals surface area contributed by atoms with E-state index >= 15 is 0 Å². The monoisotopic (exact) mass is 272 g/mol. The van der Waals surface area contributed by atoms with Crippen molar-refractivity contribution in [2.45, 2.75) is 18.6 Å². The average molecular weight is 272 g/mol. The van der Waals surface area contributed by atoms with Gasteiger partial charge < -0.3 is 14.4 Å². The van der Waals surface area contributed by atoms with E-state index in [1.807, 2.05) is 0 Å². The van der Waals surface area contributed by atoms with Gasteiger partial charge >= 0.3 is 0 Å². The molecule has 0 aliphatic carbocycles. The molecule has 1 amide bonds. The number of hydrogen-bond acceptors (Lipinski definition) is 4. The van der Waals surface area contributed by atoms with Crippen molar-refractivity contribution in [3.63, 3.8) is 0 Å². The van der Waals surface area contributed by atoms with E-state index in [0.717, 1.165) is 0 Å². The van der Waals surface area contributed by atoms with Crippen LogP contribution in [0.5, 0.6) is 0 Å². The first kappa shape index (κ1) is 13.1. The highest BCUT2D eigenvalue weighted by Crippen LogP contribution is 2.31. The molecule has 0 aromatic heterocycles. The molecule has 2 saturated heterocycles. The van der Waals surface area contributed by atoms with Crippen LogP contribution in [0.1, 0.15) is 28.8 Å². The van der Waals surface area contributed by atoms with Crippen LogP contribution in [-0.4, -0.2) is 42.9 Å². The normalized spacial score (nSPS) is 20.9. The number of benzene rings is 1. The van der Waals surface area contributed by atoms with Crippen molar-refractivity contribution in [3.8, 4) is 6.07 Å². The zero-order valence-corrected chi connectivity index (χ0v) is 11.2. The Balaban J connectivity index is 1.68. The van der Waals surface area contributed by atoms with Gasteiger partial charge in [-0.1, -0.05) is 6.07 Å². The van der Waals surface area contributed by atoms with E-state index in [4.69, 9.17) is 14.7 Å². The summed E-state index contributed by atoms with van der Waals surface area (Å²) in [6.45, 7) is 2.52. The quantitative estimate of drug-likeness (QED) is 0.778. The van der Waals surface area contributed by atoms with E-state index in [-0.39, 0.29) is 5.91 Å². The predicted octanol–water partition coefficient (Wildman–Crippen LogP) is 1.54. The van der Waals surface area contributed by atoms with Gasteiger partial charge in [-0.3, -0.25) is 4.79 Å². The number of amides is 1. The van der Waals surface area contributed by atoms with E-state index < -0.39 is 5.79 Å². The second-order valence-electron chi connectivity index (χ2n) is 5.09. The number of hydrogen-bond donors (Lipinski definition) is 0. The van der Waals surface area contributed by atoms with Crippen LogP contribution < -0.4 is 0 Å². The fraction of sp³-hybridized carbons (Fsp3) is 0.467. The Bertz CT molecular complexity index is 548.